The number of nitrogen functional groups attached to an aromatic ring is 1. The molecule has 0 aromatic heterocycles. The van der Waals surface area contributed by atoms with Crippen LogP contribution in [0, 0.1) is 0 Å². The van der Waals surface area contributed by atoms with E-state index in [-0.39, 0.29) is 33.8 Å². The van der Waals surface area contributed by atoms with Crippen LogP contribution in [0.1, 0.15) is 42.1 Å². The highest BCUT2D eigenvalue weighted by atomic mass is 35.5. The molecule has 7 heteroatoms. The van der Waals surface area contributed by atoms with E-state index in [1.165, 1.54) is 26.2 Å². The molecule has 150 valence electrons. The van der Waals surface area contributed by atoms with Crippen LogP contribution < -0.4 is 15.8 Å². The third-order valence-electron chi connectivity index (χ3n) is 4.48. The summed E-state index contributed by atoms with van der Waals surface area (Å²) in [4.78, 5) is 24.8. The van der Waals surface area contributed by atoms with Gasteiger partial charge in [0.2, 0.25) is 0 Å². The Balaban J connectivity index is 1.98. The van der Waals surface area contributed by atoms with Gasteiger partial charge in [-0.3, -0.25) is 4.79 Å². The number of benzene rings is 2. The third kappa shape index (κ3) is 5.39. The second-order valence-electron chi connectivity index (χ2n) is 6.38. The van der Waals surface area contributed by atoms with Gasteiger partial charge in [0.05, 0.1) is 17.8 Å². The summed E-state index contributed by atoms with van der Waals surface area (Å²) in [5.74, 6) is -0.668. The van der Waals surface area contributed by atoms with Crippen LogP contribution in [0.15, 0.2) is 42.5 Å². The third-order valence-corrected chi connectivity index (χ3v) is 4.81. The Bertz CT molecular complexity index is 827. The molecule has 0 saturated heterocycles. The maximum atomic E-state index is 12.4. The number of hydrogen-bond donors (Lipinski definition) is 2. The molecule has 0 aliphatic carbocycles. The first-order valence-electron chi connectivity index (χ1n) is 9.04. The SMILES string of the molecule is CC[C@@H](CNC(=O)[C@H](C)OC(=O)c1cc(Cl)c(N)cc1OC)c1ccccc1. The number of nitrogens with two attached hydrogens (primary N) is 1. The van der Waals surface area contributed by atoms with Gasteiger partial charge in [0.1, 0.15) is 11.3 Å². The molecule has 28 heavy (non-hydrogen) atoms. The highest BCUT2D eigenvalue weighted by Crippen LogP contribution is 2.29. The van der Waals surface area contributed by atoms with E-state index in [2.05, 4.69) is 12.2 Å². The summed E-state index contributed by atoms with van der Waals surface area (Å²) in [6.45, 7) is 4.03. The van der Waals surface area contributed by atoms with E-state index >= 15 is 0 Å². The summed E-state index contributed by atoms with van der Waals surface area (Å²) >= 11 is 5.98. The summed E-state index contributed by atoms with van der Waals surface area (Å²) in [6, 6.07) is 12.8. The average Bonchev–Trinajstić information content (AvgIpc) is 2.70. The largest absolute Gasteiger partial charge is 0.496 e. The molecule has 2 atom stereocenters. The van der Waals surface area contributed by atoms with Crippen LogP contribution in [0.2, 0.25) is 5.02 Å². The van der Waals surface area contributed by atoms with Crippen molar-refractivity contribution in [3.8, 4) is 5.75 Å². The van der Waals surface area contributed by atoms with Crippen LogP contribution in [0.25, 0.3) is 0 Å². The van der Waals surface area contributed by atoms with Gasteiger partial charge < -0.3 is 20.5 Å². The first kappa shape index (κ1) is 21.6. The predicted molar refractivity (Wildman–Crippen MR) is 110 cm³/mol. The van der Waals surface area contributed by atoms with Crippen LogP contribution >= 0.6 is 11.6 Å². The second-order valence-corrected chi connectivity index (χ2v) is 6.79. The molecule has 0 unspecified atom stereocenters. The van der Waals surface area contributed by atoms with Gasteiger partial charge in [-0.2, -0.15) is 0 Å². The number of anilines is 1. The molecule has 6 nitrogen and oxygen atoms in total. The summed E-state index contributed by atoms with van der Waals surface area (Å²) in [5.41, 5.74) is 7.26. The van der Waals surface area contributed by atoms with Crippen molar-refractivity contribution in [1.29, 1.82) is 0 Å². The fraction of sp³-hybridized carbons (Fsp3) is 0.333. The van der Waals surface area contributed by atoms with Crippen molar-refractivity contribution in [1.82, 2.24) is 5.32 Å². The number of rotatable bonds is 8. The molecular weight excluding hydrogens is 380 g/mol. The number of esters is 1. The van der Waals surface area contributed by atoms with Crippen LogP contribution in [0.4, 0.5) is 5.69 Å². The van der Waals surface area contributed by atoms with Crippen molar-refractivity contribution in [2.75, 3.05) is 19.4 Å². The number of hydrogen-bond acceptors (Lipinski definition) is 5. The molecule has 3 N–H and O–H groups in total. The lowest BCUT2D eigenvalue weighted by atomic mass is 9.96. The Morgan fingerprint density at radius 1 is 1.21 bits per heavy atom. The average molecular weight is 405 g/mol. The van der Waals surface area contributed by atoms with E-state index in [0.717, 1.165) is 12.0 Å². The molecule has 2 aromatic carbocycles. The number of carbonyl (C=O) groups excluding carboxylic acids is 2. The molecule has 0 heterocycles. The molecule has 0 saturated carbocycles. The second kappa shape index (κ2) is 9.99. The Hall–Kier alpha value is -2.73. The highest BCUT2D eigenvalue weighted by molar-refractivity contribution is 6.33. The van der Waals surface area contributed by atoms with Gasteiger partial charge in [-0.1, -0.05) is 48.9 Å². The number of amides is 1. The number of methoxy groups -OCH3 is 1. The molecule has 0 radical (unpaired) electrons. The van der Waals surface area contributed by atoms with Crippen LogP contribution in [0.3, 0.4) is 0 Å². The molecule has 0 aliphatic rings. The predicted octanol–water partition coefficient (Wildman–Crippen LogP) is 3.79. The zero-order valence-electron chi connectivity index (χ0n) is 16.2. The maximum absolute atomic E-state index is 12.4. The van der Waals surface area contributed by atoms with Crippen LogP contribution in [-0.2, 0) is 9.53 Å². The van der Waals surface area contributed by atoms with E-state index in [9.17, 15) is 9.59 Å². The van der Waals surface area contributed by atoms with Gasteiger partial charge in [0.25, 0.3) is 5.91 Å². The summed E-state index contributed by atoms with van der Waals surface area (Å²) in [7, 11) is 1.41. The minimum atomic E-state index is -0.971. The van der Waals surface area contributed by atoms with Crippen LogP contribution in [-0.4, -0.2) is 31.6 Å². The number of nitrogens with one attached hydrogen (secondary N) is 1. The number of carbonyl (C=O) groups is 2. The van der Waals surface area contributed by atoms with Crippen molar-refractivity contribution in [3.05, 3.63) is 58.6 Å². The van der Waals surface area contributed by atoms with Gasteiger partial charge >= 0.3 is 5.97 Å². The van der Waals surface area contributed by atoms with Gasteiger partial charge in [0, 0.05) is 18.5 Å². The lowest BCUT2D eigenvalue weighted by Gasteiger charge is -2.19. The Kier molecular flexibility index (Phi) is 7.70. The first-order chi connectivity index (χ1) is 13.4. The molecular formula is C21H25ClN2O4. The van der Waals surface area contributed by atoms with E-state index in [0.29, 0.717) is 6.54 Å². The Labute approximate surface area is 170 Å². The van der Waals surface area contributed by atoms with E-state index in [4.69, 9.17) is 26.8 Å². The highest BCUT2D eigenvalue weighted by Gasteiger charge is 2.23. The molecule has 0 fully saturated rings. The zero-order valence-corrected chi connectivity index (χ0v) is 17.0. The molecule has 2 rings (SSSR count). The molecule has 0 spiro atoms. The molecule has 0 aliphatic heterocycles. The van der Waals surface area contributed by atoms with Crippen molar-refractivity contribution in [2.45, 2.75) is 32.3 Å². The monoisotopic (exact) mass is 404 g/mol. The smallest absolute Gasteiger partial charge is 0.342 e. The van der Waals surface area contributed by atoms with Crippen LogP contribution in [0.5, 0.6) is 5.75 Å². The Morgan fingerprint density at radius 3 is 2.50 bits per heavy atom. The van der Waals surface area contributed by atoms with Gasteiger partial charge in [0.15, 0.2) is 6.10 Å². The van der Waals surface area contributed by atoms with Crippen molar-refractivity contribution < 1.29 is 19.1 Å². The zero-order chi connectivity index (χ0) is 20.7. The Morgan fingerprint density at radius 2 is 1.89 bits per heavy atom. The fourth-order valence-corrected chi connectivity index (χ4v) is 2.93. The summed E-state index contributed by atoms with van der Waals surface area (Å²) in [5, 5.41) is 3.05. The molecule has 0 bridgehead atoms. The van der Waals surface area contributed by atoms with Gasteiger partial charge in [-0.15, -0.1) is 0 Å². The number of ether oxygens (including phenoxy) is 2. The summed E-state index contributed by atoms with van der Waals surface area (Å²) in [6.07, 6.45) is -0.0959. The minimum absolute atomic E-state index is 0.108. The lowest BCUT2D eigenvalue weighted by molar-refractivity contribution is -0.129. The van der Waals surface area contributed by atoms with Crippen molar-refractivity contribution >= 4 is 29.2 Å². The maximum Gasteiger partial charge on any atom is 0.342 e. The van der Waals surface area contributed by atoms with Gasteiger partial charge in [-0.25, -0.2) is 4.79 Å². The first-order valence-corrected chi connectivity index (χ1v) is 9.41. The van der Waals surface area contributed by atoms with Crippen molar-refractivity contribution in [2.24, 2.45) is 0 Å². The van der Waals surface area contributed by atoms with E-state index in [1.54, 1.807) is 0 Å². The fourth-order valence-electron chi connectivity index (χ4n) is 2.77. The van der Waals surface area contributed by atoms with E-state index < -0.39 is 12.1 Å². The van der Waals surface area contributed by atoms with E-state index in [1.807, 2.05) is 30.3 Å². The topological polar surface area (TPSA) is 90.7 Å². The standard InChI is InChI=1S/C21H25ClN2O4/c1-4-14(15-8-6-5-7-9-15)12-24-20(25)13(2)28-21(26)16-10-17(22)18(23)11-19(16)27-3/h5-11,13-14H,4,12,23H2,1-3H3,(H,24,25)/t13-,14-/m0/s1. The molecule has 2 aromatic rings. The molecule has 1 amide bonds. The lowest BCUT2D eigenvalue weighted by Crippen LogP contribution is -2.38. The number of halogens is 1. The minimum Gasteiger partial charge on any atom is -0.496 e. The summed E-state index contributed by atoms with van der Waals surface area (Å²) < 4.78 is 10.4. The normalized spacial score (nSPS) is 12.7. The van der Waals surface area contributed by atoms with Gasteiger partial charge in [-0.05, 0) is 25.0 Å². The van der Waals surface area contributed by atoms with Crippen molar-refractivity contribution in [3.63, 3.8) is 0 Å². The quantitative estimate of drug-likeness (QED) is 0.516.